The summed E-state index contributed by atoms with van der Waals surface area (Å²) in [4.78, 5) is 2.90. The van der Waals surface area contributed by atoms with Gasteiger partial charge in [-0.1, -0.05) is 13.3 Å². The second-order valence-electron chi connectivity index (χ2n) is 4.95. The summed E-state index contributed by atoms with van der Waals surface area (Å²) >= 11 is 1.92. The Morgan fingerprint density at radius 1 is 1.39 bits per heavy atom. The predicted octanol–water partition coefficient (Wildman–Crippen LogP) is 2.95. The van der Waals surface area contributed by atoms with Gasteiger partial charge in [0.2, 0.25) is 0 Å². The second-order valence-corrected chi connectivity index (χ2v) is 6.12. The Kier molecular flexibility index (Phi) is 5.63. The molecule has 0 spiro atoms. The molecule has 1 aromatic rings. The first kappa shape index (κ1) is 14.0. The van der Waals surface area contributed by atoms with Gasteiger partial charge in [0.25, 0.3) is 0 Å². The minimum atomic E-state index is 0.147. The largest absolute Gasteiger partial charge is 0.379 e. The van der Waals surface area contributed by atoms with Crippen molar-refractivity contribution in [3.05, 3.63) is 21.4 Å². The van der Waals surface area contributed by atoms with Gasteiger partial charge in [-0.2, -0.15) is 0 Å². The molecule has 1 aromatic heterocycles. The molecule has 0 bridgehead atoms. The molecule has 2 rings (SSSR count). The maximum absolute atomic E-state index is 5.65. The smallest absolute Gasteiger partial charge is 0.0786 e. The van der Waals surface area contributed by atoms with Crippen LogP contribution in [0.5, 0.6) is 0 Å². The summed E-state index contributed by atoms with van der Waals surface area (Å²) in [6.07, 6.45) is 7.56. The molecule has 3 N–H and O–H groups in total. The van der Waals surface area contributed by atoms with Crippen molar-refractivity contribution in [2.24, 2.45) is 5.84 Å². The van der Waals surface area contributed by atoms with E-state index in [0.29, 0.717) is 6.61 Å². The van der Waals surface area contributed by atoms with Crippen molar-refractivity contribution >= 4 is 11.3 Å². The van der Waals surface area contributed by atoms with Gasteiger partial charge in [-0.25, -0.2) is 5.43 Å². The summed E-state index contributed by atoms with van der Waals surface area (Å²) < 4.78 is 5.61. The third-order valence-corrected chi connectivity index (χ3v) is 4.79. The highest BCUT2D eigenvalue weighted by Gasteiger charge is 2.17. The molecule has 1 atom stereocenters. The van der Waals surface area contributed by atoms with Crippen LogP contribution in [0.3, 0.4) is 0 Å². The molecule has 0 saturated carbocycles. The van der Waals surface area contributed by atoms with Crippen LogP contribution >= 0.6 is 11.3 Å². The highest BCUT2D eigenvalue weighted by molar-refractivity contribution is 7.12. The van der Waals surface area contributed by atoms with Crippen molar-refractivity contribution in [2.45, 2.75) is 51.5 Å². The van der Waals surface area contributed by atoms with Gasteiger partial charge >= 0.3 is 0 Å². The lowest BCUT2D eigenvalue weighted by Gasteiger charge is -2.14. The zero-order chi connectivity index (χ0) is 12.8. The van der Waals surface area contributed by atoms with Crippen LogP contribution in [-0.2, 0) is 17.6 Å². The van der Waals surface area contributed by atoms with E-state index in [2.05, 4.69) is 18.4 Å². The van der Waals surface area contributed by atoms with E-state index in [9.17, 15) is 0 Å². The van der Waals surface area contributed by atoms with Gasteiger partial charge in [0, 0.05) is 16.4 Å². The van der Waals surface area contributed by atoms with Gasteiger partial charge in [0.05, 0.1) is 12.6 Å². The lowest BCUT2D eigenvalue weighted by molar-refractivity contribution is 0.113. The van der Waals surface area contributed by atoms with E-state index in [-0.39, 0.29) is 6.04 Å². The van der Waals surface area contributed by atoms with Crippen molar-refractivity contribution in [1.82, 2.24) is 5.43 Å². The minimum Gasteiger partial charge on any atom is -0.379 e. The summed E-state index contributed by atoms with van der Waals surface area (Å²) in [6.45, 7) is 3.60. The highest BCUT2D eigenvalue weighted by atomic mass is 32.1. The molecule has 0 fully saturated rings. The lowest BCUT2D eigenvalue weighted by atomic mass is 10.1. The third kappa shape index (κ3) is 3.54. The Bertz CT molecular complexity index is 341. The molecule has 4 heteroatoms. The molecule has 3 nitrogen and oxygen atoms in total. The molecule has 102 valence electrons. The first-order valence-corrected chi connectivity index (χ1v) is 7.82. The zero-order valence-corrected chi connectivity index (χ0v) is 12.0. The van der Waals surface area contributed by atoms with Crippen LogP contribution in [0.2, 0.25) is 0 Å². The first-order chi connectivity index (χ1) is 8.85. The van der Waals surface area contributed by atoms with Crippen LogP contribution in [0.25, 0.3) is 0 Å². The van der Waals surface area contributed by atoms with Crippen molar-refractivity contribution in [1.29, 1.82) is 0 Å². The number of thiophene rings is 1. The van der Waals surface area contributed by atoms with E-state index in [4.69, 9.17) is 10.6 Å². The Hall–Kier alpha value is -0.420. The fourth-order valence-electron chi connectivity index (χ4n) is 2.42. The summed E-state index contributed by atoms with van der Waals surface area (Å²) in [6, 6.07) is 2.49. The summed E-state index contributed by atoms with van der Waals surface area (Å²) in [5.41, 5.74) is 4.43. The average molecular weight is 268 g/mol. The first-order valence-electron chi connectivity index (χ1n) is 7.00. The molecule has 0 aliphatic heterocycles. The summed E-state index contributed by atoms with van der Waals surface area (Å²) in [5, 5.41) is 0. The number of hydrogen-bond acceptors (Lipinski definition) is 4. The van der Waals surface area contributed by atoms with E-state index >= 15 is 0 Å². The Morgan fingerprint density at radius 2 is 2.22 bits per heavy atom. The summed E-state index contributed by atoms with van der Waals surface area (Å²) in [5.74, 6) is 5.65. The molecule has 1 unspecified atom stereocenters. The zero-order valence-electron chi connectivity index (χ0n) is 11.2. The van der Waals surface area contributed by atoms with Crippen LogP contribution < -0.4 is 11.3 Å². The van der Waals surface area contributed by atoms with E-state index in [1.807, 2.05) is 11.3 Å². The number of rotatable bonds is 6. The lowest BCUT2D eigenvalue weighted by Crippen LogP contribution is -2.30. The van der Waals surface area contributed by atoms with E-state index in [0.717, 1.165) is 13.0 Å². The van der Waals surface area contributed by atoms with Gasteiger partial charge in [-0.05, 0) is 43.7 Å². The molecule has 0 radical (unpaired) electrons. The van der Waals surface area contributed by atoms with Crippen molar-refractivity contribution in [3.63, 3.8) is 0 Å². The number of nitrogens with one attached hydrogen (secondary N) is 1. The number of ether oxygens (including phenoxy) is 1. The molecule has 1 heterocycles. The van der Waals surface area contributed by atoms with Gasteiger partial charge in [0.15, 0.2) is 0 Å². The van der Waals surface area contributed by atoms with E-state index in [1.54, 1.807) is 10.4 Å². The maximum atomic E-state index is 5.65. The molecule has 1 aliphatic rings. The van der Waals surface area contributed by atoms with Crippen LogP contribution in [0.1, 0.15) is 54.0 Å². The van der Waals surface area contributed by atoms with Crippen molar-refractivity contribution in [3.8, 4) is 0 Å². The quantitative estimate of drug-likeness (QED) is 0.361. The Balaban J connectivity index is 2.02. The van der Waals surface area contributed by atoms with Crippen LogP contribution in [0, 0.1) is 0 Å². The van der Waals surface area contributed by atoms with Gasteiger partial charge in [-0.15, -0.1) is 11.3 Å². The van der Waals surface area contributed by atoms with Crippen molar-refractivity contribution < 1.29 is 4.74 Å². The van der Waals surface area contributed by atoms with Gasteiger partial charge in [-0.3, -0.25) is 5.84 Å². The topological polar surface area (TPSA) is 47.3 Å². The van der Waals surface area contributed by atoms with Crippen LogP contribution in [0.15, 0.2) is 6.07 Å². The normalized spacial score (nSPS) is 17.2. The monoisotopic (exact) mass is 268 g/mol. The second kappa shape index (κ2) is 7.24. The van der Waals surface area contributed by atoms with Crippen LogP contribution in [0.4, 0.5) is 0 Å². The molecule has 0 saturated heterocycles. The van der Waals surface area contributed by atoms with E-state index in [1.165, 1.54) is 37.0 Å². The molecule has 1 aliphatic carbocycles. The Morgan fingerprint density at radius 3 is 3.00 bits per heavy atom. The number of aryl methyl sites for hydroxylation is 2. The molecule has 18 heavy (non-hydrogen) atoms. The molecule has 0 aromatic carbocycles. The van der Waals surface area contributed by atoms with Crippen molar-refractivity contribution in [2.75, 3.05) is 13.2 Å². The molecular formula is C14H24N2OS. The SMILES string of the molecule is CCCOCC(NN)c1cc2c(s1)CCCCC2. The molecule has 0 amide bonds. The maximum Gasteiger partial charge on any atom is 0.0786 e. The number of hydrogen-bond donors (Lipinski definition) is 2. The standard InChI is InChI=1S/C14H24N2OS/c1-2-8-17-10-12(16-15)14-9-11-6-4-3-5-7-13(11)18-14/h9,12,16H,2-8,10,15H2,1H3. The molecular weight excluding hydrogens is 244 g/mol. The minimum absolute atomic E-state index is 0.147. The number of fused-ring (bicyclic) bond motifs is 1. The predicted molar refractivity (Wildman–Crippen MR) is 76.8 cm³/mol. The fraction of sp³-hybridized carbons (Fsp3) is 0.714. The van der Waals surface area contributed by atoms with Crippen LogP contribution in [-0.4, -0.2) is 13.2 Å². The highest BCUT2D eigenvalue weighted by Crippen LogP contribution is 2.32. The third-order valence-electron chi connectivity index (χ3n) is 3.44. The van der Waals surface area contributed by atoms with E-state index < -0.39 is 0 Å². The number of hydrazine groups is 1. The fourth-order valence-corrected chi connectivity index (χ4v) is 3.72. The average Bonchev–Trinajstić information content (AvgIpc) is 2.66. The van der Waals surface area contributed by atoms with Gasteiger partial charge < -0.3 is 4.74 Å². The summed E-state index contributed by atoms with van der Waals surface area (Å²) in [7, 11) is 0. The van der Waals surface area contributed by atoms with Gasteiger partial charge in [0.1, 0.15) is 0 Å². The Labute approximate surface area is 114 Å². The number of nitrogens with two attached hydrogens (primary N) is 1.